The summed E-state index contributed by atoms with van der Waals surface area (Å²) < 4.78 is 35.5. The smallest absolute Gasteiger partial charge is 0.374 e. The minimum Gasteiger partial charge on any atom is -0.488 e. The third kappa shape index (κ3) is 4.65. The summed E-state index contributed by atoms with van der Waals surface area (Å²) in [6, 6.07) is 3.44. The van der Waals surface area contributed by atoms with E-state index in [1.54, 1.807) is 0 Å². The first-order valence-corrected chi connectivity index (χ1v) is 5.74. The average molecular weight is 272 g/mol. The van der Waals surface area contributed by atoms with Gasteiger partial charge in [-0.15, -0.1) is 0 Å². The molecule has 0 aliphatic carbocycles. The van der Waals surface area contributed by atoms with Crippen molar-refractivity contribution in [3.63, 3.8) is 0 Å². The van der Waals surface area contributed by atoms with E-state index in [4.69, 9.17) is 4.74 Å². The average Bonchev–Trinajstić information content (AvgIpc) is 2.40. The summed E-state index contributed by atoms with van der Waals surface area (Å²) in [5.41, 5.74) is 0. The molecule has 1 aromatic rings. The van der Waals surface area contributed by atoms with Crippen LogP contribution in [0.25, 0.3) is 0 Å². The summed E-state index contributed by atoms with van der Waals surface area (Å²) in [5.74, 6) is -3.49. The number of rotatable bonds is 7. The van der Waals surface area contributed by atoms with Crippen molar-refractivity contribution < 1.29 is 27.8 Å². The van der Waals surface area contributed by atoms with Crippen LogP contribution in [-0.2, 0) is 14.3 Å². The molecule has 104 valence electrons. The largest absolute Gasteiger partial charge is 0.488 e. The second-order valence-corrected chi connectivity index (χ2v) is 3.77. The third-order valence-electron chi connectivity index (χ3n) is 2.38. The molecule has 0 atom stereocenters. The Bertz CT molecular complexity index is 440. The van der Waals surface area contributed by atoms with Crippen molar-refractivity contribution in [1.29, 1.82) is 0 Å². The molecule has 0 amide bonds. The number of carbonyl (C=O) groups is 2. The van der Waals surface area contributed by atoms with Crippen LogP contribution < -0.4 is 4.74 Å². The van der Waals surface area contributed by atoms with Gasteiger partial charge in [-0.2, -0.15) is 0 Å². The highest BCUT2D eigenvalue weighted by atomic mass is 19.1. The molecule has 0 aromatic heterocycles. The van der Waals surface area contributed by atoms with Gasteiger partial charge in [0.25, 0.3) is 0 Å². The molecular weight excluding hydrogens is 258 g/mol. The van der Waals surface area contributed by atoms with Gasteiger partial charge in [0.1, 0.15) is 0 Å². The quantitative estimate of drug-likeness (QED) is 0.434. The number of ether oxygens (including phenoxy) is 2. The fourth-order valence-electron chi connectivity index (χ4n) is 1.40. The number of para-hydroxylation sites is 1. The van der Waals surface area contributed by atoms with Crippen molar-refractivity contribution >= 4 is 11.8 Å². The summed E-state index contributed by atoms with van der Waals surface area (Å²) >= 11 is 0. The van der Waals surface area contributed by atoms with Crippen LogP contribution in [0, 0.1) is 11.6 Å². The Labute approximate surface area is 109 Å². The molecule has 4 nitrogen and oxygen atoms in total. The molecule has 1 rings (SSSR count). The van der Waals surface area contributed by atoms with E-state index in [-0.39, 0.29) is 13.0 Å². The second-order valence-electron chi connectivity index (χ2n) is 3.77. The van der Waals surface area contributed by atoms with Crippen LogP contribution in [0.5, 0.6) is 5.75 Å². The normalized spacial score (nSPS) is 10.1. The molecule has 0 saturated carbocycles. The van der Waals surface area contributed by atoms with Gasteiger partial charge < -0.3 is 9.47 Å². The van der Waals surface area contributed by atoms with Gasteiger partial charge >= 0.3 is 5.97 Å². The number of halogens is 2. The number of methoxy groups -OCH3 is 1. The first-order valence-electron chi connectivity index (χ1n) is 5.74. The monoisotopic (exact) mass is 272 g/mol. The summed E-state index contributed by atoms with van der Waals surface area (Å²) in [5, 5.41) is 0. The van der Waals surface area contributed by atoms with Crippen LogP contribution in [0.3, 0.4) is 0 Å². The SMILES string of the molecule is COC(=O)C(=O)CCCCOc1c(F)cccc1F. The number of Topliss-reactive ketones (excluding diaryl/α,β-unsaturated/α-hetero) is 1. The predicted octanol–water partition coefficient (Wildman–Crippen LogP) is 2.26. The molecule has 1 aromatic carbocycles. The minimum atomic E-state index is -0.888. The lowest BCUT2D eigenvalue weighted by molar-refractivity contribution is -0.151. The van der Waals surface area contributed by atoms with Crippen molar-refractivity contribution in [2.75, 3.05) is 13.7 Å². The highest BCUT2D eigenvalue weighted by Gasteiger charge is 2.13. The van der Waals surface area contributed by atoms with E-state index in [0.717, 1.165) is 19.2 Å². The summed E-state index contributed by atoms with van der Waals surface area (Å²) in [6.45, 7) is 0.0618. The molecular formula is C13H14F2O4. The van der Waals surface area contributed by atoms with Crippen molar-refractivity contribution in [3.05, 3.63) is 29.8 Å². The summed E-state index contributed by atoms with van der Waals surface area (Å²) in [4.78, 5) is 21.9. The predicted molar refractivity (Wildman–Crippen MR) is 62.7 cm³/mol. The summed E-state index contributed by atoms with van der Waals surface area (Å²) in [6.07, 6.45) is 0.802. The number of benzene rings is 1. The highest BCUT2D eigenvalue weighted by Crippen LogP contribution is 2.21. The van der Waals surface area contributed by atoms with Crippen molar-refractivity contribution in [1.82, 2.24) is 0 Å². The first-order chi connectivity index (χ1) is 9.06. The number of esters is 1. The maximum Gasteiger partial charge on any atom is 0.374 e. The van der Waals surface area contributed by atoms with Crippen LogP contribution >= 0.6 is 0 Å². The Kier molecular flexibility index (Phi) is 5.92. The maximum atomic E-state index is 13.2. The molecule has 0 spiro atoms. The van der Waals surface area contributed by atoms with Gasteiger partial charge in [0.15, 0.2) is 17.4 Å². The van der Waals surface area contributed by atoms with Crippen LogP contribution in [0.2, 0.25) is 0 Å². The topological polar surface area (TPSA) is 52.6 Å². The zero-order valence-corrected chi connectivity index (χ0v) is 10.4. The molecule has 0 aliphatic rings. The molecule has 0 fully saturated rings. The van der Waals surface area contributed by atoms with E-state index in [1.165, 1.54) is 6.07 Å². The van der Waals surface area contributed by atoms with E-state index in [2.05, 4.69) is 4.74 Å². The highest BCUT2D eigenvalue weighted by molar-refractivity contribution is 6.33. The lowest BCUT2D eigenvalue weighted by Gasteiger charge is -2.07. The third-order valence-corrected chi connectivity index (χ3v) is 2.38. The Morgan fingerprint density at radius 1 is 1.16 bits per heavy atom. The lowest BCUT2D eigenvalue weighted by atomic mass is 10.2. The van der Waals surface area contributed by atoms with E-state index in [9.17, 15) is 18.4 Å². The van der Waals surface area contributed by atoms with Gasteiger partial charge in [0.05, 0.1) is 13.7 Å². The summed E-state index contributed by atoms with van der Waals surface area (Å²) in [7, 11) is 1.13. The van der Waals surface area contributed by atoms with Crippen LogP contribution in [0.15, 0.2) is 18.2 Å². The van der Waals surface area contributed by atoms with E-state index in [0.29, 0.717) is 12.8 Å². The Hall–Kier alpha value is -1.98. The first kappa shape index (κ1) is 15.1. The number of ketones is 1. The minimum absolute atomic E-state index is 0.0236. The molecule has 0 heterocycles. The van der Waals surface area contributed by atoms with E-state index in [1.807, 2.05) is 0 Å². The molecule has 0 aliphatic heterocycles. The molecule has 0 N–H and O–H groups in total. The van der Waals surface area contributed by atoms with Crippen LogP contribution in [-0.4, -0.2) is 25.5 Å². The van der Waals surface area contributed by atoms with Gasteiger partial charge in [0, 0.05) is 6.42 Å². The molecule has 19 heavy (non-hydrogen) atoms. The van der Waals surface area contributed by atoms with Gasteiger partial charge in [0.2, 0.25) is 5.78 Å². The molecule has 0 radical (unpaired) electrons. The van der Waals surface area contributed by atoms with Gasteiger partial charge in [-0.05, 0) is 25.0 Å². The maximum absolute atomic E-state index is 13.2. The van der Waals surface area contributed by atoms with Gasteiger partial charge in [-0.25, -0.2) is 13.6 Å². The Balaban J connectivity index is 2.28. The van der Waals surface area contributed by atoms with E-state index < -0.39 is 29.1 Å². The zero-order valence-electron chi connectivity index (χ0n) is 10.4. The van der Waals surface area contributed by atoms with Crippen LogP contribution in [0.1, 0.15) is 19.3 Å². The number of unbranched alkanes of at least 4 members (excludes halogenated alkanes) is 1. The fourth-order valence-corrected chi connectivity index (χ4v) is 1.40. The zero-order chi connectivity index (χ0) is 14.3. The molecule has 0 saturated heterocycles. The van der Waals surface area contributed by atoms with Gasteiger partial charge in [-0.1, -0.05) is 6.07 Å². The van der Waals surface area contributed by atoms with Gasteiger partial charge in [-0.3, -0.25) is 4.79 Å². The fraction of sp³-hybridized carbons (Fsp3) is 0.385. The number of carbonyl (C=O) groups excluding carboxylic acids is 2. The number of hydrogen-bond acceptors (Lipinski definition) is 4. The number of hydrogen-bond donors (Lipinski definition) is 0. The molecule has 0 bridgehead atoms. The van der Waals surface area contributed by atoms with Crippen LogP contribution in [0.4, 0.5) is 8.78 Å². The lowest BCUT2D eigenvalue weighted by Crippen LogP contribution is -2.15. The standard InChI is InChI=1S/C13H14F2O4/c1-18-13(17)11(16)7-2-3-8-19-12-9(14)5-4-6-10(12)15/h4-6H,2-3,7-8H2,1H3. The molecule has 6 heteroatoms. The van der Waals surface area contributed by atoms with E-state index >= 15 is 0 Å². The van der Waals surface area contributed by atoms with Crippen molar-refractivity contribution in [2.45, 2.75) is 19.3 Å². The van der Waals surface area contributed by atoms with Crippen molar-refractivity contribution in [3.8, 4) is 5.75 Å². The Morgan fingerprint density at radius 3 is 2.37 bits per heavy atom. The van der Waals surface area contributed by atoms with Crippen molar-refractivity contribution in [2.24, 2.45) is 0 Å². The Morgan fingerprint density at radius 2 is 1.79 bits per heavy atom. The second kappa shape index (κ2) is 7.45. The molecule has 0 unspecified atom stereocenters.